The number of methoxy groups -OCH3 is 1. The minimum atomic E-state index is 0.331. The minimum absolute atomic E-state index is 0.331. The molecule has 0 saturated heterocycles. The fourth-order valence-electron chi connectivity index (χ4n) is 0.784. The third-order valence-corrected chi connectivity index (χ3v) is 1.26. The first-order chi connectivity index (χ1) is 5.72. The van der Waals surface area contributed by atoms with E-state index < -0.39 is 0 Å². The van der Waals surface area contributed by atoms with Crippen LogP contribution in [0.1, 0.15) is 13.8 Å². The summed E-state index contributed by atoms with van der Waals surface area (Å²) in [7, 11) is 1.58. The third-order valence-electron chi connectivity index (χ3n) is 1.26. The predicted molar refractivity (Wildman–Crippen MR) is 47.3 cm³/mol. The van der Waals surface area contributed by atoms with E-state index in [2.05, 4.69) is 15.3 Å². The Morgan fingerprint density at radius 3 is 2.83 bits per heavy atom. The molecule has 0 aliphatic rings. The normalized spacial score (nSPS) is 10.0. The molecule has 1 N–H and O–H groups in total. The lowest BCUT2D eigenvalue weighted by Crippen LogP contribution is -2.12. The lowest BCUT2D eigenvalue weighted by atomic mass is 10.4. The molecule has 0 radical (unpaired) electrons. The van der Waals surface area contributed by atoms with Crippen molar-refractivity contribution in [1.29, 1.82) is 0 Å². The van der Waals surface area contributed by atoms with E-state index in [1.807, 2.05) is 13.8 Å². The zero-order valence-electron chi connectivity index (χ0n) is 7.53. The summed E-state index contributed by atoms with van der Waals surface area (Å²) in [5.74, 6) is 1.18. The number of nitrogens with zero attached hydrogens (tertiary/aromatic N) is 2. The van der Waals surface area contributed by atoms with Crippen LogP contribution in [0.4, 0.5) is 5.95 Å². The molecule has 0 aliphatic carbocycles. The van der Waals surface area contributed by atoms with Gasteiger partial charge in [0.15, 0.2) is 0 Å². The highest BCUT2D eigenvalue weighted by atomic mass is 16.5. The number of hydrogen-bond donors (Lipinski definition) is 1. The largest absolute Gasteiger partial charge is 0.481 e. The van der Waals surface area contributed by atoms with E-state index in [-0.39, 0.29) is 0 Å². The van der Waals surface area contributed by atoms with Gasteiger partial charge >= 0.3 is 0 Å². The molecule has 66 valence electrons. The van der Waals surface area contributed by atoms with Gasteiger partial charge in [-0.1, -0.05) is 0 Å². The minimum Gasteiger partial charge on any atom is -0.481 e. The van der Waals surface area contributed by atoms with Gasteiger partial charge in [-0.3, -0.25) is 0 Å². The van der Waals surface area contributed by atoms with Crippen LogP contribution in [-0.4, -0.2) is 23.1 Å². The van der Waals surface area contributed by atoms with Gasteiger partial charge in [0.25, 0.3) is 0 Å². The summed E-state index contributed by atoms with van der Waals surface area (Å²) >= 11 is 0. The quantitative estimate of drug-likeness (QED) is 0.737. The van der Waals surface area contributed by atoms with E-state index in [1.165, 1.54) is 0 Å². The van der Waals surface area contributed by atoms with E-state index in [9.17, 15) is 0 Å². The lowest BCUT2D eigenvalue weighted by Gasteiger charge is -2.07. The number of aromatic nitrogens is 2. The van der Waals surface area contributed by atoms with Crippen LogP contribution in [0, 0.1) is 0 Å². The second-order valence-corrected chi connectivity index (χ2v) is 2.72. The maximum absolute atomic E-state index is 4.95. The summed E-state index contributed by atoms with van der Waals surface area (Å²) < 4.78 is 4.95. The summed E-state index contributed by atoms with van der Waals surface area (Å²) in [5.41, 5.74) is 0. The summed E-state index contributed by atoms with van der Waals surface area (Å²) in [6, 6.07) is 2.04. The van der Waals surface area contributed by atoms with Crippen LogP contribution in [0.25, 0.3) is 0 Å². The Kier molecular flexibility index (Phi) is 2.85. The monoisotopic (exact) mass is 167 g/mol. The van der Waals surface area contributed by atoms with Crippen LogP contribution in [0.5, 0.6) is 5.88 Å². The highest BCUT2D eigenvalue weighted by Crippen LogP contribution is 2.07. The van der Waals surface area contributed by atoms with Crippen molar-refractivity contribution in [3.63, 3.8) is 0 Å². The van der Waals surface area contributed by atoms with Gasteiger partial charge in [-0.05, 0) is 13.8 Å². The number of nitrogens with one attached hydrogen (secondary N) is 1. The van der Waals surface area contributed by atoms with Crippen LogP contribution in [-0.2, 0) is 0 Å². The van der Waals surface area contributed by atoms with E-state index >= 15 is 0 Å². The van der Waals surface area contributed by atoms with Gasteiger partial charge in [0.2, 0.25) is 11.8 Å². The molecule has 4 heteroatoms. The van der Waals surface area contributed by atoms with E-state index in [0.29, 0.717) is 17.9 Å². The Labute approximate surface area is 72.0 Å². The lowest BCUT2D eigenvalue weighted by molar-refractivity contribution is 0.397. The molecule has 0 aliphatic heterocycles. The molecule has 1 aromatic heterocycles. The highest BCUT2D eigenvalue weighted by Gasteiger charge is 1.99. The second kappa shape index (κ2) is 3.90. The summed E-state index contributed by atoms with van der Waals surface area (Å²) in [4.78, 5) is 8.11. The van der Waals surface area contributed by atoms with Crippen LogP contribution in [0.2, 0.25) is 0 Å². The van der Waals surface area contributed by atoms with Crippen molar-refractivity contribution in [3.05, 3.63) is 12.3 Å². The first-order valence-electron chi connectivity index (χ1n) is 3.86. The van der Waals surface area contributed by atoms with Gasteiger partial charge in [0.05, 0.1) is 7.11 Å². The predicted octanol–water partition coefficient (Wildman–Crippen LogP) is 1.31. The van der Waals surface area contributed by atoms with Crippen molar-refractivity contribution in [1.82, 2.24) is 9.97 Å². The number of rotatable bonds is 3. The first kappa shape index (κ1) is 8.77. The molecule has 12 heavy (non-hydrogen) atoms. The topological polar surface area (TPSA) is 47.0 Å². The second-order valence-electron chi connectivity index (χ2n) is 2.72. The summed E-state index contributed by atoms with van der Waals surface area (Å²) in [6.45, 7) is 4.06. The Balaban J connectivity index is 2.72. The molecular weight excluding hydrogens is 154 g/mol. The molecule has 0 unspecified atom stereocenters. The number of hydrogen-bond acceptors (Lipinski definition) is 4. The first-order valence-corrected chi connectivity index (χ1v) is 3.86. The third kappa shape index (κ3) is 2.38. The van der Waals surface area contributed by atoms with Gasteiger partial charge in [0.1, 0.15) is 0 Å². The van der Waals surface area contributed by atoms with Gasteiger partial charge in [-0.2, -0.15) is 4.98 Å². The van der Waals surface area contributed by atoms with Crippen molar-refractivity contribution >= 4 is 5.95 Å². The molecule has 0 atom stereocenters. The Bertz CT molecular complexity index is 250. The molecule has 0 amide bonds. The Morgan fingerprint density at radius 2 is 2.25 bits per heavy atom. The van der Waals surface area contributed by atoms with Crippen LogP contribution >= 0.6 is 0 Å². The van der Waals surface area contributed by atoms with E-state index in [1.54, 1.807) is 19.4 Å². The molecule has 1 rings (SSSR count). The zero-order valence-corrected chi connectivity index (χ0v) is 7.53. The highest BCUT2D eigenvalue weighted by molar-refractivity contribution is 5.27. The van der Waals surface area contributed by atoms with Gasteiger partial charge < -0.3 is 10.1 Å². The smallest absolute Gasteiger partial charge is 0.226 e. The van der Waals surface area contributed by atoms with Gasteiger partial charge in [-0.25, -0.2) is 4.98 Å². The average Bonchev–Trinajstić information content (AvgIpc) is 2.03. The molecule has 4 nitrogen and oxygen atoms in total. The van der Waals surface area contributed by atoms with Gasteiger partial charge in [0, 0.05) is 18.3 Å². The van der Waals surface area contributed by atoms with Crippen LogP contribution in [0.3, 0.4) is 0 Å². The molecule has 0 bridgehead atoms. The maximum Gasteiger partial charge on any atom is 0.226 e. The molecular formula is C8H13N3O. The number of anilines is 1. The van der Waals surface area contributed by atoms with Crippen molar-refractivity contribution in [2.75, 3.05) is 12.4 Å². The van der Waals surface area contributed by atoms with E-state index in [0.717, 1.165) is 0 Å². The molecule has 0 spiro atoms. The summed E-state index contributed by atoms with van der Waals surface area (Å²) in [6.07, 6.45) is 1.66. The fraction of sp³-hybridized carbons (Fsp3) is 0.500. The molecule has 0 saturated carbocycles. The average molecular weight is 167 g/mol. The fourth-order valence-corrected chi connectivity index (χ4v) is 0.784. The van der Waals surface area contributed by atoms with Crippen molar-refractivity contribution < 1.29 is 4.74 Å². The molecule has 0 aromatic carbocycles. The van der Waals surface area contributed by atoms with Gasteiger partial charge in [-0.15, -0.1) is 0 Å². The number of ether oxygens (including phenoxy) is 1. The van der Waals surface area contributed by atoms with Crippen LogP contribution in [0.15, 0.2) is 12.3 Å². The molecule has 0 fully saturated rings. The Hall–Kier alpha value is -1.32. The molecule has 1 aromatic rings. The van der Waals surface area contributed by atoms with Crippen LogP contribution < -0.4 is 10.1 Å². The SMILES string of the molecule is COc1ccnc(NC(C)C)n1. The van der Waals surface area contributed by atoms with Crippen molar-refractivity contribution in [3.8, 4) is 5.88 Å². The Morgan fingerprint density at radius 1 is 1.50 bits per heavy atom. The standard InChI is InChI=1S/C8H13N3O/c1-6(2)10-8-9-5-4-7(11-8)12-3/h4-6H,1-3H3,(H,9,10,11). The van der Waals surface area contributed by atoms with Crippen molar-refractivity contribution in [2.45, 2.75) is 19.9 Å². The zero-order chi connectivity index (χ0) is 8.97. The maximum atomic E-state index is 4.95. The summed E-state index contributed by atoms with van der Waals surface area (Å²) in [5, 5.41) is 3.08. The molecule has 1 heterocycles. The van der Waals surface area contributed by atoms with E-state index in [4.69, 9.17) is 4.74 Å². The van der Waals surface area contributed by atoms with Crippen molar-refractivity contribution in [2.24, 2.45) is 0 Å².